The van der Waals surface area contributed by atoms with Gasteiger partial charge in [0.15, 0.2) is 5.65 Å². The zero-order valence-electron chi connectivity index (χ0n) is 16.9. The van der Waals surface area contributed by atoms with Crippen LogP contribution in [-0.4, -0.2) is 29.3 Å². The van der Waals surface area contributed by atoms with Crippen LogP contribution in [0.5, 0.6) is 0 Å². The molecule has 8 nitrogen and oxygen atoms in total. The van der Waals surface area contributed by atoms with Crippen molar-refractivity contribution in [3.05, 3.63) is 80.7 Å². The normalized spacial score (nSPS) is 11.5. The highest BCUT2D eigenvalue weighted by Crippen LogP contribution is 2.27. The van der Waals surface area contributed by atoms with Crippen LogP contribution in [0, 0.1) is 13.8 Å². The first-order chi connectivity index (χ1) is 15.0. The molecule has 0 aliphatic carbocycles. The van der Waals surface area contributed by atoms with Crippen LogP contribution in [0.3, 0.4) is 0 Å². The van der Waals surface area contributed by atoms with Gasteiger partial charge in [-0.2, -0.15) is 5.10 Å². The van der Waals surface area contributed by atoms with Gasteiger partial charge in [0.2, 0.25) is 0 Å². The number of rotatable bonds is 3. The zero-order valence-corrected chi connectivity index (χ0v) is 18.5. The van der Waals surface area contributed by atoms with Crippen molar-refractivity contribution in [3.8, 4) is 5.82 Å². The number of halogens is 1. The van der Waals surface area contributed by atoms with E-state index in [9.17, 15) is 4.79 Å². The largest absolute Gasteiger partial charge is 0.383 e. The van der Waals surface area contributed by atoms with Gasteiger partial charge in [-0.1, -0.05) is 24.3 Å². The number of aryl methyl sites for hydroxylation is 2. The smallest absolute Gasteiger partial charge is 0.264 e. The maximum atomic E-state index is 13.7. The molecule has 0 atom stereocenters. The van der Waals surface area contributed by atoms with Crippen molar-refractivity contribution in [2.75, 3.05) is 5.73 Å². The average molecular weight is 476 g/mol. The lowest BCUT2D eigenvalue weighted by molar-refractivity contribution is 0.662. The van der Waals surface area contributed by atoms with Crippen molar-refractivity contribution in [1.82, 2.24) is 29.3 Å². The second-order valence-electron chi connectivity index (χ2n) is 7.37. The quantitative estimate of drug-likeness (QED) is 0.427. The van der Waals surface area contributed by atoms with E-state index in [0.717, 1.165) is 22.2 Å². The summed E-state index contributed by atoms with van der Waals surface area (Å²) >= 11 is 3.45. The topological polar surface area (TPSA) is 105 Å². The number of nitrogens with zero attached hydrogens (tertiary/aromatic N) is 6. The number of hydrogen-bond donors (Lipinski definition) is 1. The zero-order chi connectivity index (χ0) is 21.7. The van der Waals surface area contributed by atoms with Crippen LogP contribution in [0.2, 0.25) is 0 Å². The Hall–Kier alpha value is -3.59. The van der Waals surface area contributed by atoms with Crippen LogP contribution in [0.4, 0.5) is 5.82 Å². The van der Waals surface area contributed by atoms with E-state index in [-0.39, 0.29) is 5.56 Å². The molecule has 1 aromatic carbocycles. The summed E-state index contributed by atoms with van der Waals surface area (Å²) in [5, 5.41) is 6.73. The first-order valence-corrected chi connectivity index (χ1v) is 10.4. The Kier molecular flexibility index (Phi) is 4.55. The molecule has 0 aliphatic heterocycles. The summed E-state index contributed by atoms with van der Waals surface area (Å²) in [6, 6.07) is 11.6. The molecule has 0 radical (unpaired) electrons. The maximum absolute atomic E-state index is 13.7. The van der Waals surface area contributed by atoms with Gasteiger partial charge in [-0.3, -0.25) is 9.36 Å². The summed E-state index contributed by atoms with van der Waals surface area (Å²) in [7, 11) is 0. The van der Waals surface area contributed by atoms with E-state index in [2.05, 4.69) is 36.0 Å². The number of nitrogens with two attached hydrogens (primary N) is 1. The molecule has 0 saturated heterocycles. The van der Waals surface area contributed by atoms with Crippen LogP contribution in [0.15, 0.2) is 58.3 Å². The van der Waals surface area contributed by atoms with Gasteiger partial charge < -0.3 is 5.73 Å². The van der Waals surface area contributed by atoms with Crippen molar-refractivity contribution >= 4 is 43.6 Å². The summed E-state index contributed by atoms with van der Waals surface area (Å²) in [6.45, 7) is 4.18. The van der Waals surface area contributed by atoms with E-state index in [4.69, 9.17) is 5.73 Å². The summed E-state index contributed by atoms with van der Waals surface area (Å²) in [5.74, 6) is 0.938. The van der Waals surface area contributed by atoms with E-state index in [1.807, 2.05) is 50.2 Å². The van der Waals surface area contributed by atoms with E-state index in [1.54, 1.807) is 15.4 Å². The molecule has 0 bridgehead atoms. The van der Waals surface area contributed by atoms with Crippen LogP contribution in [0.25, 0.3) is 27.6 Å². The Morgan fingerprint density at radius 2 is 1.84 bits per heavy atom. The standard InChI is InChI=1S/C22H18BrN7O/c1-12-5-3-7-14-9-15(10-29-21-17(18(23)28-29)19(24)26-11-27-21)30(22(31)16(12)14)20-13(2)6-4-8-25-20/h3-9,11H,10H2,1-2H3,(H2,24,26,27). The number of anilines is 1. The third-order valence-corrected chi connectivity index (χ3v) is 5.91. The molecule has 154 valence electrons. The summed E-state index contributed by atoms with van der Waals surface area (Å²) in [4.78, 5) is 26.6. The van der Waals surface area contributed by atoms with Crippen molar-refractivity contribution in [3.63, 3.8) is 0 Å². The molecular weight excluding hydrogens is 458 g/mol. The van der Waals surface area contributed by atoms with Gasteiger partial charge in [-0.05, 0) is 58.4 Å². The molecule has 9 heteroatoms. The first kappa shape index (κ1) is 19.4. The van der Waals surface area contributed by atoms with Gasteiger partial charge in [-0.15, -0.1) is 0 Å². The second-order valence-corrected chi connectivity index (χ2v) is 8.12. The van der Waals surface area contributed by atoms with E-state index in [1.165, 1.54) is 6.33 Å². The fraction of sp³-hybridized carbons (Fsp3) is 0.136. The predicted molar refractivity (Wildman–Crippen MR) is 123 cm³/mol. The SMILES string of the molecule is Cc1cccnc1-n1c(Cn2nc(Br)c3c(N)ncnc32)cc2cccc(C)c2c1=O. The van der Waals surface area contributed by atoms with Crippen molar-refractivity contribution < 1.29 is 0 Å². The molecule has 0 saturated carbocycles. The predicted octanol–water partition coefficient (Wildman–Crippen LogP) is 3.54. The molecule has 0 unspecified atom stereocenters. The molecule has 2 N–H and O–H groups in total. The van der Waals surface area contributed by atoms with Gasteiger partial charge >= 0.3 is 0 Å². The summed E-state index contributed by atoms with van der Waals surface area (Å²) in [6.07, 6.45) is 3.09. The molecule has 0 fully saturated rings. The molecule has 4 heterocycles. The second kappa shape index (κ2) is 7.28. The van der Waals surface area contributed by atoms with Crippen LogP contribution >= 0.6 is 15.9 Å². The molecule has 4 aromatic heterocycles. The molecule has 0 spiro atoms. The molecular formula is C22H18BrN7O. The third kappa shape index (κ3) is 3.09. The van der Waals surface area contributed by atoms with Gasteiger partial charge in [0, 0.05) is 6.20 Å². The lowest BCUT2D eigenvalue weighted by Crippen LogP contribution is -2.25. The minimum Gasteiger partial charge on any atom is -0.383 e. The fourth-order valence-corrected chi connectivity index (χ4v) is 4.47. The number of nitrogen functional groups attached to an aromatic ring is 1. The van der Waals surface area contributed by atoms with Crippen LogP contribution in [-0.2, 0) is 6.54 Å². The molecule has 0 aliphatic rings. The highest BCUT2D eigenvalue weighted by atomic mass is 79.9. The monoisotopic (exact) mass is 475 g/mol. The van der Waals surface area contributed by atoms with E-state index < -0.39 is 0 Å². The molecule has 5 rings (SSSR count). The first-order valence-electron chi connectivity index (χ1n) is 9.64. The highest BCUT2D eigenvalue weighted by molar-refractivity contribution is 9.10. The molecule has 0 amide bonds. The van der Waals surface area contributed by atoms with E-state index >= 15 is 0 Å². The van der Waals surface area contributed by atoms with Gasteiger partial charge in [0.25, 0.3) is 5.56 Å². The van der Waals surface area contributed by atoms with Crippen LogP contribution in [0.1, 0.15) is 16.8 Å². The Morgan fingerprint density at radius 3 is 2.65 bits per heavy atom. The lowest BCUT2D eigenvalue weighted by atomic mass is 10.1. The van der Waals surface area contributed by atoms with Gasteiger partial charge in [0.1, 0.15) is 22.6 Å². The Labute approximate surface area is 185 Å². The van der Waals surface area contributed by atoms with Crippen molar-refractivity contribution in [2.45, 2.75) is 20.4 Å². The highest BCUT2D eigenvalue weighted by Gasteiger charge is 2.19. The fourth-order valence-electron chi connectivity index (χ4n) is 3.90. The summed E-state index contributed by atoms with van der Waals surface area (Å²) in [5.41, 5.74) is 9.05. The minimum atomic E-state index is -0.114. The molecule has 31 heavy (non-hydrogen) atoms. The number of benzene rings is 1. The Morgan fingerprint density at radius 1 is 1.03 bits per heavy atom. The van der Waals surface area contributed by atoms with Crippen molar-refractivity contribution in [1.29, 1.82) is 0 Å². The number of aromatic nitrogens is 6. The number of hydrogen-bond acceptors (Lipinski definition) is 6. The van der Waals surface area contributed by atoms with E-state index in [0.29, 0.717) is 39.2 Å². The Balaban J connectivity index is 1.82. The number of fused-ring (bicyclic) bond motifs is 2. The average Bonchev–Trinajstić information content (AvgIpc) is 3.05. The van der Waals surface area contributed by atoms with Gasteiger partial charge in [-0.25, -0.2) is 19.6 Å². The Bertz CT molecular complexity index is 1540. The maximum Gasteiger partial charge on any atom is 0.264 e. The molecule has 5 aromatic rings. The third-order valence-electron chi connectivity index (χ3n) is 5.35. The van der Waals surface area contributed by atoms with Crippen LogP contribution < -0.4 is 11.3 Å². The lowest BCUT2D eigenvalue weighted by Gasteiger charge is -2.16. The number of pyridine rings is 2. The summed E-state index contributed by atoms with van der Waals surface area (Å²) < 4.78 is 3.93. The minimum absolute atomic E-state index is 0.114. The van der Waals surface area contributed by atoms with Gasteiger partial charge in [0.05, 0.1) is 23.0 Å². The van der Waals surface area contributed by atoms with Crippen molar-refractivity contribution in [2.24, 2.45) is 0 Å².